The van der Waals surface area contributed by atoms with Gasteiger partial charge in [-0.2, -0.15) is 0 Å². The van der Waals surface area contributed by atoms with E-state index in [2.05, 4.69) is 38.1 Å². The van der Waals surface area contributed by atoms with Gasteiger partial charge in [-0.05, 0) is 30.7 Å². The molecule has 2 aromatic rings. The fourth-order valence-electron chi connectivity index (χ4n) is 2.67. The number of thiophene rings is 1. The lowest BCUT2D eigenvalue weighted by atomic mass is 10.2. The molecule has 2 heterocycles. The zero-order chi connectivity index (χ0) is 14.5. The van der Waals surface area contributed by atoms with E-state index in [4.69, 9.17) is 5.73 Å². The first kappa shape index (κ1) is 14.1. The summed E-state index contributed by atoms with van der Waals surface area (Å²) in [5, 5.41) is 8.84. The Morgan fingerprint density at radius 2 is 2.05 bits per heavy atom. The molecule has 4 N–H and O–H groups in total. The molecule has 1 aliphatic carbocycles. The van der Waals surface area contributed by atoms with E-state index in [1.165, 1.54) is 30.6 Å². The van der Waals surface area contributed by atoms with Crippen molar-refractivity contribution >= 4 is 28.7 Å². The van der Waals surface area contributed by atoms with Crippen LogP contribution in [0, 0.1) is 0 Å². The molecular formula is C15H21N5S. The van der Waals surface area contributed by atoms with Crippen LogP contribution in [-0.4, -0.2) is 22.6 Å². The Morgan fingerprint density at radius 3 is 2.81 bits per heavy atom. The first-order chi connectivity index (χ1) is 10.3. The van der Waals surface area contributed by atoms with E-state index in [9.17, 15) is 0 Å². The molecule has 1 aliphatic rings. The summed E-state index contributed by atoms with van der Waals surface area (Å²) in [4.78, 5) is 9.88. The van der Waals surface area contributed by atoms with Crippen LogP contribution in [0.4, 0.5) is 17.3 Å². The average molecular weight is 303 g/mol. The van der Waals surface area contributed by atoms with Crippen molar-refractivity contribution in [3.05, 3.63) is 28.7 Å². The van der Waals surface area contributed by atoms with Crippen molar-refractivity contribution in [3.8, 4) is 0 Å². The molecule has 0 saturated heterocycles. The Bertz CT molecular complexity index is 563. The van der Waals surface area contributed by atoms with Crippen molar-refractivity contribution in [1.82, 2.24) is 9.97 Å². The smallest absolute Gasteiger partial charge is 0.155 e. The van der Waals surface area contributed by atoms with Gasteiger partial charge in [-0.3, -0.25) is 0 Å². The highest BCUT2D eigenvalue weighted by molar-refractivity contribution is 7.09. The molecule has 3 rings (SSSR count). The molecule has 2 aromatic heterocycles. The summed E-state index contributed by atoms with van der Waals surface area (Å²) < 4.78 is 0. The molecule has 0 atom stereocenters. The minimum Gasteiger partial charge on any atom is -0.393 e. The zero-order valence-corrected chi connectivity index (χ0v) is 12.8. The van der Waals surface area contributed by atoms with E-state index < -0.39 is 0 Å². The Hall–Kier alpha value is -1.82. The summed E-state index contributed by atoms with van der Waals surface area (Å²) in [5.41, 5.74) is 6.79. The van der Waals surface area contributed by atoms with Gasteiger partial charge in [-0.1, -0.05) is 18.9 Å². The first-order valence-electron chi connectivity index (χ1n) is 7.46. The number of nitrogens with one attached hydrogen (secondary N) is 2. The lowest BCUT2D eigenvalue weighted by Crippen LogP contribution is -2.18. The first-order valence-corrected chi connectivity index (χ1v) is 8.34. The number of nitrogens with two attached hydrogens (primary N) is 1. The quantitative estimate of drug-likeness (QED) is 0.764. The van der Waals surface area contributed by atoms with Gasteiger partial charge in [0, 0.05) is 17.5 Å². The standard InChI is InChI=1S/C15H21N5S/c16-13-14(17-8-7-12-6-3-9-21-12)18-10-19-15(13)20-11-4-1-2-5-11/h3,6,9-11H,1-2,4-5,7-8,16H2,(H2,17,18,19,20). The van der Waals surface area contributed by atoms with E-state index in [-0.39, 0.29) is 0 Å². The third-order valence-electron chi connectivity index (χ3n) is 3.82. The highest BCUT2D eigenvalue weighted by Crippen LogP contribution is 2.27. The Morgan fingerprint density at radius 1 is 1.24 bits per heavy atom. The molecule has 0 unspecified atom stereocenters. The average Bonchev–Trinajstić information content (AvgIpc) is 3.16. The van der Waals surface area contributed by atoms with Crippen molar-refractivity contribution in [1.29, 1.82) is 0 Å². The molecule has 112 valence electrons. The molecule has 5 nitrogen and oxygen atoms in total. The predicted octanol–water partition coefficient (Wildman–Crippen LogP) is 3.13. The highest BCUT2D eigenvalue weighted by atomic mass is 32.1. The van der Waals surface area contributed by atoms with Crippen LogP contribution >= 0.6 is 11.3 Å². The Labute approximate surface area is 129 Å². The summed E-state index contributed by atoms with van der Waals surface area (Å²) in [6.45, 7) is 0.824. The van der Waals surface area contributed by atoms with Crippen LogP contribution in [0.3, 0.4) is 0 Å². The Kier molecular flexibility index (Phi) is 4.55. The fraction of sp³-hybridized carbons (Fsp3) is 0.467. The number of rotatable bonds is 6. The van der Waals surface area contributed by atoms with Crippen molar-refractivity contribution in [2.24, 2.45) is 0 Å². The molecule has 0 spiro atoms. The van der Waals surface area contributed by atoms with E-state index in [0.717, 1.165) is 24.6 Å². The molecule has 0 amide bonds. The van der Waals surface area contributed by atoms with E-state index in [0.29, 0.717) is 11.7 Å². The molecule has 21 heavy (non-hydrogen) atoms. The van der Waals surface area contributed by atoms with Crippen LogP contribution in [0.2, 0.25) is 0 Å². The molecule has 0 aromatic carbocycles. The van der Waals surface area contributed by atoms with Crippen LogP contribution < -0.4 is 16.4 Å². The van der Waals surface area contributed by atoms with Gasteiger partial charge in [-0.25, -0.2) is 9.97 Å². The van der Waals surface area contributed by atoms with Gasteiger partial charge in [0.25, 0.3) is 0 Å². The molecule has 0 radical (unpaired) electrons. The summed E-state index contributed by atoms with van der Waals surface area (Å²) in [6.07, 6.45) is 7.52. The minimum atomic E-state index is 0.501. The highest BCUT2D eigenvalue weighted by Gasteiger charge is 2.17. The lowest BCUT2D eigenvalue weighted by Gasteiger charge is -2.16. The summed E-state index contributed by atoms with van der Waals surface area (Å²) in [5.74, 6) is 1.48. The minimum absolute atomic E-state index is 0.501. The molecular weight excluding hydrogens is 282 g/mol. The predicted molar refractivity (Wildman–Crippen MR) is 88.8 cm³/mol. The van der Waals surface area contributed by atoms with Crippen molar-refractivity contribution < 1.29 is 0 Å². The molecule has 6 heteroatoms. The monoisotopic (exact) mass is 303 g/mol. The van der Waals surface area contributed by atoms with E-state index in [1.54, 1.807) is 17.7 Å². The summed E-state index contributed by atoms with van der Waals surface area (Å²) in [6, 6.07) is 4.71. The molecule has 1 fully saturated rings. The van der Waals surface area contributed by atoms with Gasteiger partial charge in [0.2, 0.25) is 0 Å². The third-order valence-corrected chi connectivity index (χ3v) is 4.76. The molecule has 0 bridgehead atoms. The maximum absolute atomic E-state index is 6.17. The number of aromatic nitrogens is 2. The molecule has 0 aliphatic heterocycles. The van der Waals surface area contributed by atoms with Gasteiger partial charge in [0.1, 0.15) is 12.0 Å². The van der Waals surface area contributed by atoms with Crippen molar-refractivity contribution in [2.45, 2.75) is 38.1 Å². The topological polar surface area (TPSA) is 75.9 Å². The van der Waals surface area contributed by atoms with Gasteiger partial charge >= 0.3 is 0 Å². The number of anilines is 3. The Balaban J connectivity index is 1.59. The second-order valence-corrected chi connectivity index (χ2v) is 6.40. The van der Waals surface area contributed by atoms with Gasteiger partial charge in [0.05, 0.1) is 0 Å². The van der Waals surface area contributed by atoms with Gasteiger partial charge in [-0.15, -0.1) is 11.3 Å². The second kappa shape index (κ2) is 6.76. The normalized spacial score (nSPS) is 15.2. The summed E-state index contributed by atoms with van der Waals surface area (Å²) in [7, 11) is 0. The number of nitrogen functional groups attached to an aromatic ring is 1. The van der Waals surface area contributed by atoms with Crippen LogP contribution in [0.15, 0.2) is 23.8 Å². The van der Waals surface area contributed by atoms with Gasteiger partial charge in [0.15, 0.2) is 11.6 Å². The maximum atomic E-state index is 6.17. The largest absolute Gasteiger partial charge is 0.393 e. The van der Waals surface area contributed by atoms with Crippen LogP contribution in [0.25, 0.3) is 0 Å². The van der Waals surface area contributed by atoms with Gasteiger partial charge < -0.3 is 16.4 Å². The van der Waals surface area contributed by atoms with Crippen molar-refractivity contribution in [3.63, 3.8) is 0 Å². The maximum Gasteiger partial charge on any atom is 0.155 e. The fourth-order valence-corrected chi connectivity index (χ4v) is 3.38. The number of hydrogen-bond acceptors (Lipinski definition) is 6. The lowest BCUT2D eigenvalue weighted by molar-refractivity contribution is 0.750. The third kappa shape index (κ3) is 3.64. The number of nitrogens with zero attached hydrogens (tertiary/aromatic N) is 2. The van der Waals surface area contributed by atoms with E-state index in [1.807, 2.05) is 0 Å². The van der Waals surface area contributed by atoms with Crippen LogP contribution in [0.1, 0.15) is 30.6 Å². The SMILES string of the molecule is Nc1c(NCCc2cccs2)ncnc1NC1CCCC1. The second-order valence-electron chi connectivity index (χ2n) is 5.37. The zero-order valence-electron chi connectivity index (χ0n) is 12.0. The van der Waals surface area contributed by atoms with Crippen LogP contribution in [0.5, 0.6) is 0 Å². The number of hydrogen-bond donors (Lipinski definition) is 3. The summed E-state index contributed by atoms with van der Waals surface area (Å²) >= 11 is 1.77. The van der Waals surface area contributed by atoms with E-state index >= 15 is 0 Å². The van der Waals surface area contributed by atoms with Crippen molar-refractivity contribution in [2.75, 3.05) is 22.9 Å². The molecule has 1 saturated carbocycles. The van der Waals surface area contributed by atoms with Crippen LogP contribution in [-0.2, 0) is 6.42 Å².